The topological polar surface area (TPSA) is 115 Å². The largest absolute Gasteiger partial charge is 0.504 e. The molecule has 4 N–H and O–H groups in total. The molecule has 1 aliphatic heterocycles. The second-order valence-electron chi connectivity index (χ2n) is 6.60. The minimum absolute atomic E-state index is 0.0387. The standard InChI is InChI=1S/C20H16ClN3O4S/c21-12-3-1-2-10(6-12)9-29-20-23-18-17(19(28)24-20)13(8-16(27)22-18)11-4-5-14(25)15(26)7-11/h1-7,13,25-26H,8-9H2,(H2,22,23,24,27,28)/t13-/m1/s1. The van der Waals surface area contributed by atoms with Gasteiger partial charge in [0.1, 0.15) is 5.82 Å². The van der Waals surface area contributed by atoms with Crippen molar-refractivity contribution >= 4 is 35.1 Å². The lowest BCUT2D eigenvalue weighted by Gasteiger charge is -2.24. The molecule has 7 nitrogen and oxygen atoms in total. The molecule has 0 saturated heterocycles. The molecule has 1 atom stereocenters. The van der Waals surface area contributed by atoms with Crippen molar-refractivity contribution in [3.05, 3.63) is 74.5 Å². The number of hydrogen-bond donors (Lipinski definition) is 4. The van der Waals surface area contributed by atoms with E-state index in [1.807, 2.05) is 18.2 Å². The number of aromatic hydroxyl groups is 2. The molecule has 29 heavy (non-hydrogen) atoms. The fourth-order valence-electron chi connectivity index (χ4n) is 3.24. The number of thioether (sulfide) groups is 1. The Bertz CT molecular complexity index is 1160. The highest BCUT2D eigenvalue weighted by Gasteiger charge is 2.31. The second kappa shape index (κ2) is 7.81. The molecule has 1 aromatic heterocycles. The fourth-order valence-corrected chi connectivity index (χ4v) is 4.26. The van der Waals surface area contributed by atoms with Gasteiger partial charge in [0, 0.05) is 23.1 Å². The molecule has 1 amide bonds. The Hall–Kier alpha value is -2.97. The molecule has 0 radical (unpaired) electrons. The molecule has 0 unspecified atom stereocenters. The summed E-state index contributed by atoms with van der Waals surface area (Å²) in [5.41, 5.74) is 1.48. The van der Waals surface area contributed by atoms with Crippen LogP contribution in [0.25, 0.3) is 0 Å². The van der Waals surface area contributed by atoms with E-state index in [-0.39, 0.29) is 35.2 Å². The number of anilines is 1. The Morgan fingerprint density at radius 2 is 1.97 bits per heavy atom. The molecule has 0 bridgehead atoms. The van der Waals surface area contributed by atoms with E-state index in [1.165, 1.54) is 23.9 Å². The van der Waals surface area contributed by atoms with E-state index >= 15 is 0 Å². The highest BCUT2D eigenvalue weighted by molar-refractivity contribution is 7.98. The van der Waals surface area contributed by atoms with Gasteiger partial charge in [0.05, 0.1) is 5.56 Å². The first-order chi connectivity index (χ1) is 13.9. The zero-order valence-electron chi connectivity index (χ0n) is 15.0. The van der Waals surface area contributed by atoms with Crippen molar-refractivity contribution < 1.29 is 15.0 Å². The maximum atomic E-state index is 12.8. The fraction of sp³-hybridized carbons (Fsp3) is 0.150. The predicted molar refractivity (Wildman–Crippen MR) is 111 cm³/mol. The average molecular weight is 430 g/mol. The van der Waals surface area contributed by atoms with Gasteiger partial charge in [0.15, 0.2) is 16.7 Å². The summed E-state index contributed by atoms with van der Waals surface area (Å²) in [5, 5.41) is 23.0. The van der Waals surface area contributed by atoms with Crippen molar-refractivity contribution in [1.82, 2.24) is 9.97 Å². The van der Waals surface area contributed by atoms with Crippen LogP contribution in [0, 0.1) is 0 Å². The van der Waals surface area contributed by atoms with Crippen LogP contribution in [0.1, 0.15) is 29.0 Å². The number of rotatable bonds is 4. The number of benzene rings is 2. The molecule has 2 aromatic carbocycles. The summed E-state index contributed by atoms with van der Waals surface area (Å²) < 4.78 is 0. The number of aromatic amines is 1. The Balaban J connectivity index is 1.66. The Morgan fingerprint density at radius 1 is 1.14 bits per heavy atom. The van der Waals surface area contributed by atoms with E-state index < -0.39 is 5.92 Å². The molecular formula is C20H16ClN3O4S. The Kier molecular flexibility index (Phi) is 5.21. The van der Waals surface area contributed by atoms with Crippen molar-refractivity contribution in [3.8, 4) is 11.5 Å². The number of fused-ring (bicyclic) bond motifs is 1. The number of H-pyrrole nitrogens is 1. The number of amides is 1. The van der Waals surface area contributed by atoms with Crippen LogP contribution in [-0.2, 0) is 10.5 Å². The molecule has 4 rings (SSSR count). The first kappa shape index (κ1) is 19.4. The zero-order valence-corrected chi connectivity index (χ0v) is 16.5. The molecule has 9 heteroatoms. The van der Waals surface area contributed by atoms with Gasteiger partial charge in [-0.25, -0.2) is 4.98 Å². The van der Waals surface area contributed by atoms with Crippen molar-refractivity contribution in [2.45, 2.75) is 23.2 Å². The summed E-state index contributed by atoms with van der Waals surface area (Å²) in [6.07, 6.45) is 0.0387. The van der Waals surface area contributed by atoms with Crippen LogP contribution in [-0.4, -0.2) is 26.1 Å². The van der Waals surface area contributed by atoms with E-state index in [4.69, 9.17) is 11.6 Å². The lowest BCUT2D eigenvalue weighted by atomic mass is 9.86. The Morgan fingerprint density at radius 3 is 2.72 bits per heavy atom. The smallest absolute Gasteiger partial charge is 0.257 e. The van der Waals surface area contributed by atoms with Gasteiger partial charge in [-0.1, -0.05) is 41.6 Å². The van der Waals surface area contributed by atoms with Crippen molar-refractivity contribution in [1.29, 1.82) is 0 Å². The number of nitrogens with one attached hydrogen (secondary N) is 2. The molecule has 0 spiro atoms. The summed E-state index contributed by atoms with van der Waals surface area (Å²) in [4.78, 5) is 32.2. The van der Waals surface area contributed by atoms with Gasteiger partial charge in [-0.15, -0.1) is 0 Å². The summed E-state index contributed by atoms with van der Waals surface area (Å²) in [6, 6.07) is 11.6. The minimum atomic E-state index is -0.575. The van der Waals surface area contributed by atoms with Crippen LogP contribution in [0.4, 0.5) is 5.82 Å². The summed E-state index contributed by atoms with van der Waals surface area (Å²) in [6.45, 7) is 0. The highest BCUT2D eigenvalue weighted by Crippen LogP contribution is 2.37. The normalized spacial score (nSPS) is 15.6. The van der Waals surface area contributed by atoms with Crippen LogP contribution in [0.5, 0.6) is 11.5 Å². The summed E-state index contributed by atoms with van der Waals surface area (Å²) in [7, 11) is 0. The average Bonchev–Trinajstić information content (AvgIpc) is 2.67. The number of phenolic OH excluding ortho intramolecular Hbond substituents is 2. The first-order valence-corrected chi connectivity index (χ1v) is 10.1. The number of carbonyl (C=O) groups excluding carboxylic acids is 1. The third kappa shape index (κ3) is 4.08. The van der Waals surface area contributed by atoms with Crippen LogP contribution >= 0.6 is 23.4 Å². The maximum Gasteiger partial charge on any atom is 0.257 e. The third-order valence-corrected chi connectivity index (χ3v) is 5.78. The van der Waals surface area contributed by atoms with Crippen molar-refractivity contribution in [2.75, 3.05) is 5.32 Å². The van der Waals surface area contributed by atoms with Crippen LogP contribution < -0.4 is 10.9 Å². The molecule has 1 aliphatic rings. The molecular weight excluding hydrogens is 414 g/mol. The molecule has 3 aromatic rings. The van der Waals surface area contributed by atoms with Crippen LogP contribution in [0.2, 0.25) is 5.02 Å². The van der Waals surface area contributed by atoms with Crippen LogP contribution in [0.3, 0.4) is 0 Å². The highest BCUT2D eigenvalue weighted by atomic mass is 35.5. The molecule has 148 valence electrons. The van der Waals surface area contributed by atoms with Gasteiger partial charge in [-0.2, -0.15) is 0 Å². The number of phenols is 2. The van der Waals surface area contributed by atoms with Gasteiger partial charge < -0.3 is 20.5 Å². The third-order valence-electron chi connectivity index (χ3n) is 4.60. The molecule has 0 fully saturated rings. The van der Waals surface area contributed by atoms with Gasteiger partial charge >= 0.3 is 0 Å². The number of hydrogen-bond acceptors (Lipinski definition) is 6. The number of carbonyl (C=O) groups is 1. The van der Waals surface area contributed by atoms with Gasteiger partial charge in [-0.3, -0.25) is 9.59 Å². The van der Waals surface area contributed by atoms with Gasteiger partial charge in [0.2, 0.25) is 5.91 Å². The van der Waals surface area contributed by atoms with E-state index in [0.29, 0.717) is 27.1 Å². The van der Waals surface area contributed by atoms with E-state index in [1.54, 1.807) is 12.1 Å². The number of halogens is 1. The quantitative estimate of drug-likeness (QED) is 0.286. The molecule has 2 heterocycles. The van der Waals surface area contributed by atoms with Crippen LogP contribution in [0.15, 0.2) is 52.4 Å². The van der Waals surface area contributed by atoms with Crippen molar-refractivity contribution in [2.24, 2.45) is 0 Å². The lowest BCUT2D eigenvalue weighted by molar-refractivity contribution is -0.116. The van der Waals surface area contributed by atoms with E-state index in [9.17, 15) is 19.8 Å². The Labute approximate surface area is 174 Å². The van der Waals surface area contributed by atoms with Gasteiger partial charge in [-0.05, 0) is 35.4 Å². The summed E-state index contributed by atoms with van der Waals surface area (Å²) >= 11 is 7.32. The van der Waals surface area contributed by atoms with E-state index in [2.05, 4.69) is 15.3 Å². The van der Waals surface area contributed by atoms with Crippen molar-refractivity contribution in [3.63, 3.8) is 0 Å². The first-order valence-electron chi connectivity index (χ1n) is 8.74. The maximum absolute atomic E-state index is 12.8. The number of aromatic nitrogens is 2. The monoisotopic (exact) mass is 429 g/mol. The second-order valence-corrected chi connectivity index (χ2v) is 8.01. The zero-order chi connectivity index (χ0) is 20.5. The SMILES string of the molecule is O=C1C[C@H](c2ccc(O)c(O)c2)c2c(nc(SCc3cccc(Cl)c3)[nH]c2=O)N1. The van der Waals surface area contributed by atoms with E-state index in [0.717, 1.165) is 5.56 Å². The lowest BCUT2D eigenvalue weighted by Crippen LogP contribution is -2.31. The molecule has 0 aliphatic carbocycles. The predicted octanol–water partition coefficient (Wildman–Crippen LogP) is 3.60. The van der Waals surface area contributed by atoms with Gasteiger partial charge in [0.25, 0.3) is 5.56 Å². The number of nitrogens with zero attached hydrogens (tertiary/aromatic N) is 1. The summed E-state index contributed by atoms with van der Waals surface area (Å²) in [5.74, 6) is -0.684. The molecule has 0 saturated carbocycles. The minimum Gasteiger partial charge on any atom is -0.504 e.